The zero-order chi connectivity index (χ0) is 67.6. The quantitative estimate of drug-likeness (QED) is 0.00681. The van der Waals surface area contributed by atoms with E-state index < -0.39 is 69.3 Å². The number of amides is 8. The maximum absolute atomic E-state index is 13.7. The van der Waals surface area contributed by atoms with E-state index in [4.69, 9.17) is 37.0 Å². The van der Waals surface area contributed by atoms with Crippen molar-refractivity contribution in [1.82, 2.24) is 42.0 Å². The molecular weight excluding hydrogens is 1230 g/mol. The molecule has 0 aliphatic heterocycles. The lowest BCUT2D eigenvalue weighted by molar-refractivity contribution is -0.200. The minimum absolute atomic E-state index is 0.0875. The van der Waals surface area contributed by atoms with E-state index in [0.717, 1.165) is 49.7 Å². The third kappa shape index (κ3) is 23.1. The zero-order valence-electron chi connectivity index (χ0n) is 54.0. The predicted molar refractivity (Wildman–Crippen MR) is 348 cm³/mol. The normalized spacial score (nSPS) is 12.2. The lowest BCUT2D eigenvalue weighted by Crippen LogP contribution is -2.48. The summed E-state index contributed by atoms with van der Waals surface area (Å²) in [7, 11) is -2.88. The van der Waals surface area contributed by atoms with E-state index >= 15 is 0 Å². The minimum atomic E-state index is -2.88. The van der Waals surface area contributed by atoms with Gasteiger partial charge in [0.2, 0.25) is 24.6 Å². The molecule has 2 heterocycles. The van der Waals surface area contributed by atoms with Gasteiger partial charge in [0.15, 0.2) is 25.0 Å². The van der Waals surface area contributed by atoms with E-state index in [1.54, 1.807) is 26.0 Å². The number of carbonyl (C=O) groups is 8. The number of carbonyl (C=O) groups excluding carboxylic acids is 8. The molecule has 8 amide bonds. The molecule has 6 aromatic rings. The molecule has 0 aliphatic carbocycles. The van der Waals surface area contributed by atoms with Crippen molar-refractivity contribution in [2.75, 3.05) is 40.0 Å². The number of hydroxylamine groups is 4. The maximum atomic E-state index is 13.7. The van der Waals surface area contributed by atoms with E-state index in [0.29, 0.717) is 61.1 Å². The second-order valence-corrected chi connectivity index (χ2v) is 22.5. The second kappa shape index (κ2) is 40.0. The van der Waals surface area contributed by atoms with Crippen LogP contribution in [0.25, 0.3) is 22.6 Å². The molecule has 6 rings (SSSR count). The highest BCUT2D eigenvalue weighted by molar-refractivity contribution is 7.33. The Morgan fingerprint density at radius 2 is 0.894 bits per heavy atom. The van der Waals surface area contributed by atoms with Gasteiger partial charge in [-0.1, -0.05) is 136 Å². The monoisotopic (exact) mass is 1320 g/mol. The van der Waals surface area contributed by atoms with Gasteiger partial charge in [-0.2, -0.15) is 0 Å². The van der Waals surface area contributed by atoms with Crippen LogP contribution in [0.5, 0.6) is 11.5 Å². The van der Waals surface area contributed by atoms with Crippen molar-refractivity contribution in [1.29, 1.82) is 0 Å². The van der Waals surface area contributed by atoms with Gasteiger partial charge in [0, 0.05) is 26.8 Å². The van der Waals surface area contributed by atoms with Gasteiger partial charge >= 0.3 is 8.25 Å². The van der Waals surface area contributed by atoms with Crippen LogP contribution in [0.15, 0.2) is 130 Å². The average molecular weight is 1320 g/mol. The van der Waals surface area contributed by atoms with Crippen molar-refractivity contribution in [2.24, 2.45) is 11.8 Å². The topological polar surface area (TPSA) is 314 Å². The molecule has 0 unspecified atom stereocenters. The van der Waals surface area contributed by atoms with Crippen LogP contribution < -0.4 is 41.4 Å². The summed E-state index contributed by atoms with van der Waals surface area (Å²) in [6, 6.07) is 32.7. The smallest absolute Gasteiger partial charge is 0.494 e. The fourth-order valence-corrected chi connectivity index (χ4v) is 10.7. The number of benzene rings is 4. The number of unbranched alkanes of at least 4 members (excludes halogenated alkanes) is 4. The van der Waals surface area contributed by atoms with Gasteiger partial charge in [-0.15, -0.1) is 0 Å². The number of hydrogen-bond acceptors (Lipinski definition) is 17. The van der Waals surface area contributed by atoms with Gasteiger partial charge < -0.3 is 50.2 Å². The van der Waals surface area contributed by atoms with Gasteiger partial charge in [0.1, 0.15) is 36.2 Å². The van der Waals surface area contributed by atoms with Gasteiger partial charge in [0.05, 0.1) is 50.5 Å². The third-order valence-electron chi connectivity index (χ3n) is 15.0. The van der Waals surface area contributed by atoms with Crippen LogP contribution in [0.3, 0.4) is 0 Å². The molecule has 25 nitrogen and oxygen atoms in total. The first-order valence-corrected chi connectivity index (χ1v) is 32.7. The molecule has 6 N–H and O–H groups in total. The van der Waals surface area contributed by atoms with Gasteiger partial charge in [0.25, 0.3) is 23.6 Å². The van der Waals surface area contributed by atoms with Crippen LogP contribution in [0.2, 0.25) is 0 Å². The number of furan rings is 2. The van der Waals surface area contributed by atoms with Crippen molar-refractivity contribution >= 4 is 56.5 Å². The number of hydrogen-bond donors (Lipinski definition) is 6. The Balaban J connectivity index is 0.974. The summed E-state index contributed by atoms with van der Waals surface area (Å²) in [5.41, 5.74) is 2.66. The molecule has 2 aromatic heterocycles. The van der Waals surface area contributed by atoms with Crippen LogP contribution in [0, 0.1) is 11.8 Å². The Hall–Kier alpha value is -9.26. The molecule has 0 saturated heterocycles. The molecule has 94 heavy (non-hydrogen) atoms. The highest BCUT2D eigenvalue weighted by Gasteiger charge is 2.34. The zero-order valence-corrected chi connectivity index (χ0v) is 54.9. The van der Waals surface area contributed by atoms with E-state index in [9.17, 15) is 42.9 Å². The molecule has 0 fully saturated rings. The Bertz CT molecular complexity index is 3180. The SMILES string of the molecule is CCCCC[C@@H](C(=O)NCNC(=O)c1ccc(-c2cc(OCC)cc(C(=O)NCO[P+](=O)OCNC(=O)c3cc(OCC)cc(-c4ccc(C(=O)NCNC(=O)[C@H](CCCCC)[C@@H](CC)N(C=O)OCc5ccccc5)o4)c3)c2)o1)[C@@H](CC)N(C=O)OCc1ccccc1. The number of ether oxygens (including phenoxy) is 2. The highest BCUT2D eigenvalue weighted by atomic mass is 31.1. The summed E-state index contributed by atoms with van der Waals surface area (Å²) < 4.78 is 46.5. The Morgan fingerprint density at radius 1 is 0.489 bits per heavy atom. The van der Waals surface area contributed by atoms with Gasteiger partial charge in [-0.25, -0.2) is 10.1 Å². The summed E-state index contributed by atoms with van der Waals surface area (Å²) >= 11 is 0. The van der Waals surface area contributed by atoms with Gasteiger partial charge in [-0.3, -0.25) is 48.0 Å². The molecule has 4 atom stereocenters. The van der Waals surface area contributed by atoms with E-state index in [2.05, 4.69) is 45.7 Å². The van der Waals surface area contributed by atoms with Crippen molar-refractivity contribution in [3.8, 4) is 34.1 Å². The molecule has 0 bridgehead atoms. The summed E-state index contributed by atoms with van der Waals surface area (Å²) in [6.45, 7) is 10.5. The predicted octanol–water partition coefficient (Wildman–Crippen LogP) is 10.5. The summed E-state index contributed by atoms with van der Waals surface area (Å²) in [5, 5.41) is 18.3. The lowest BCUT2D eigenvalue weighted by Gasteiger charge is -2.32. The Labute approximate surface area is 548 Å². The molecule has 26 heteroatoms. The summed E-state index contributed by atoms with van der Waals surface area (Å²) in [5.74, 6) is -3.72. The fraction of sp³-hybridized carbons (Fsp3) is 0.412. The molecular formula is C68H86N8O17P+. The standard InChI is InChI=1S/C68H85N8O17P/c1-7-13-17-27-55(57(9-3)75(45-77)88-39-47-23-19-15-20-24-47)65(81)69-41-71-67(83)61-31-29-59(92-61)49-33-51(37-53(35-49)86-11-5)63(79)73-43-90-94(85)91-44-74-64(80)52-34-50(36-54(38-52)87-12-6)60-30-32-62(93-60)68(84)72-42-70-66(82)56(28-18-14-8-2)58(10-4)76(46-78)89-40-48-25-21-16-22-26-48/h15-16,19-26,29-38,45-46,55-58H,7-14,17-18,27-28,39-44H2,1-6H3,(H5-,69,70,71,72,73,74,79,80,81,82,83,84)/p+1/t55-,56-,57-,58-/m1/s1. The van der Waals surface area contributed by atoms with E-state index in [1.165, 1.54) is 58.7 Å². The lowest BCUT2D eigenvalue weighted by atomic mass is 9.90. The van der Waals surface area contributed by atoms with E-state index in [-0.39, 0.29) is 85.7 Å². The first kappa shape index (κ1) is 73.8. The second-order valence-electron chi connectivity index (χ2n) is 21.5. The van der Waals surface area contributed by atoms with Crippen LogP contribution >= 0.6 is 8.25 Å². The number of nitrogens with zero attached hydrogens (tertiary/aromatic N) is 2. The van der Waals surface area contributed by atoms with Crippen LogP contribution in [0.1, 0.15) is 159 Å². The molecule has 0 spiro atoms. The third-order valence-corrected chi connectivity index (χ3v) is 15.7. The fourth-order valence-electron chi connectivity index (χ4n) is 10.2. The largest absolute Gasteiger partial charge is 0.701 e. The Kier molecular flexibility index (Phi) is 31.4. The summed E-state index contributed by atoms with van der Waals surface area (Å²) in [6.07, 6.45) is 8.16. The van der Waals surface area contributed by atoms with Crippen LogP contribution in [-0.4, -0.2) is 110 Å². The summed E-state index contributed by atoms with van der Waals surface area (Å²) in [4.78, 5) is 117. The molecule has 0 radical (unpaired) electrons. The number of rotatable bonds is 44. The molecule has 504 valence electrons. The Morgan fingerprint density at radius 3 is 1.26 bits per heavy atom. The van der Waals surface area contributed by atoms with Crippen LogP contribution in [0.4, 0.5) is 0 Å². The van der Waals surface area contributed by atoms with Crippen molar-refractivity contribution in [3.63, 3.8) is 0 Å². The first-order valence-electron chi connectivity index (χ1n) is 31.7. The first-order chi connectivity index (χ1) is 45.7. The molecule has 0 saturated carbocycles. The van der Waals surface area contributed by atoms with Crippen molar-refractivity contribution < 1.29 is 80.0 Å². The van der Waals surface area contributed by atoms with E-state index in [1.807, 2.05) is 74.5 Å². The van der Waals surface area contributed by atoms with Crippen LogP contribution in [-0.2, 0) is 55.7 Å². The highest BCUT2D eigenvalue weighted by Crippen LogP contribution is 2.31. The molecule has 0 aliphatic rings. The average Bonchev–Trinajstić information content (AvgIpc) is 1.66. The van der Waals surface area contributed by atoms with Gasteiger partial charge in [-0.05, 0) is 111 Å². The van der Waals surface area contributed by atoms with Crippen molar-refractivity contribution in [3.05, 3.63) is 155 Å². The minimum Gasteiger partial charge on any atom is -0.494 e. The molecule has 4 aromatic carbocycles. The van der Waals surface area contributed by atoms with Crippen molar-refractivity contribution in [2.45, 2.75) is 131 Å². The maximum Gasteiger partial charge on any atom is 0.701 e. The number of nitrogens with one attached hydrogen (secondary N) is 6.